The Kier molecular flexibility index (Phi) is 4.19. The number of benzene rings is 1. The molecule has 1 saturated heterocycles. The minimum Gasteiger partial charge on any atom is -0.207 e. The summed E-state index contributed by atoms with van der Waals surface area (Å²) in [5, 5.41) is 0. The Morgan fingerprint density at radius 1 is 1.35 bits per heavy atom. The summed E-state index contributed by atoms with van der Waals surface area (Å²) < 4.78 is 64.6. The first-order chi connectivity index (χ1) is 9.14. The molecule has 0 aromatic heterocycles. The van der Waals surface area contributed by atoms with Crippen molar-refractivity contribution in [1.29, 1.82) is 0 Å². The summed E-state index contributed by atoms with van der Waals surface area (Å²) in [6.45, 7) is 1.78. The number of hydrogen-bond acceptors (Lipinski definition) is 2. The van der Waals surface area contributed by atoms with E-state index in [1.807, 2.05) is 0 Å². The standard InChI is InChI=1S/C12H13BrF3NO2S/c1-8-10(12(14,15)16)3-2-4-11(8)20(18,19)17-6-5-9(13)7-17/h2-4,9H,5-7H2,1H3. The van der Waals surface area contributed by atoms with E-state index in [1.54, 1.807) is 0 Å². The van der Waals surface area contributed by atoms with Crippen molar-refractivity contribution in [3.05, 3.63) is 29.3 Å². The van der Waals surface area contributed by atoms with Gasteiger partial charge in [0.2, 0.25) is 10.0 Å². The molecule has 2 rings (SSSR count). The van der Waals surface area contributed by atoms with Crippen molar-refractivity contribution in [1.82, 2.24) is 4.31 Å². The number of rotatable bonds is 2. The van der Waals surface area contributed by atoms with Crippen LogP contribution in [-0.4, -0.2) is 30.6 Å². The van der Waals surface area contributed by atoms with Gasteiger partial charge in [-0.3, -0.25) is 0 Å². The summed E-state index contributed by atoms with van der Waals surface area (Å²) >= 11 is 3.32. The summed E-state index contributed by atoms with van der Waals surface area (Å²) in [5.41, 5.74) is -1.16. The van der Waals surface area contributed by atoms with Crippen LogP contribution in [0.1, 0.15) is 17.5 Å². The normalized spacial score (nSPS) is 21.4. The second kappa shape index (κ2) is 5.31. The Labute approximate surface area is 123 Å². The first-order valence-electron chi connectivity index (χ1n) is 5.95. The summed E-state index contributed by atoms with van der Waals surface area (Å²) in [4.78, 5) is -0.225. The van der Waals surface area contributed by atoms with Gasteiger partial charge in [-0.2, -0.15) is 17.5 Å². The molecule has 0 aliphatic carbocycles. The second-order valence-corrected chi connectivity index (χ2v) is 7.88. The Morgan fingerprint density at radius 3 is 2.50 bits per heavy atom. The van der Waals surface area contributed by atoms with E-state index in [1.165, 1.54) is 17.3 Å². The van der Waals surface area contributed by atoms with Crippen LogP contribution in [0.15, 0.2) is 23.1 Å². The zero-order valence-electron chi connectivity index (χ0n) is 10.6. The molecule has 20 heavy (non-hydrogen) atoms. The molecule has 1 unspecified atom stereocenters. The average molecular weight is 372 g/mol. The van der Waals surface area contributed by atoms with Crippen LogP contribution in [0.4, 0.5) is 13.2 Å². The highest BCUT2D eigenvalue weighted by atomic mass is 79.9. The molecule has 8 heteroatoms. The Morgan fingerprint density at radius 2 is 2.00 bits per heavy atom. The smallest absolute Gasteiger partial charge is 0.207 e. The minimum absolute atomic E-state index is 0.0448. The predicted molar refractivity (Wildman–Crippen MR) is 72.3 cm³/mol. The SMILES string of the molecule is Cc1c(C(F)(F)F)cccc1S(=O)(=O)N1CCC(Br)C1. The van der Waals surface area contributed by atoms with Crippen molar-refractivity contribution in [3.8, 4) is 0 Å². The molecule has 1 aliphatic rings. The molecule has 112 valence electrons. The molecule has 1 aliphatic heterocycles. The summed E-state index contributed by atoms with van der Waals surface area (Å²) in [5.74, 6) is 0. The first-order valence-corrected chi connectivity index (χ1v) is 8.30. The van der Waals surface area contributed by atoms with Gasteiger partial charge in [-0.15, -0.1) is 0 Å². The van der Waals surface area contributed by atoms with Crippen molar-refractivity contribution < 1.29 is 21.6 Å². The van der Waals surface area contributed by atoms with Crippen LogP contribution < -0.4 is 0 Å². The van der Waals surface area contributed by atoms with E-state index in [0.29, 0.717) is 13.0 Å². The van der Waals surface area contributed by atoms with E-state index in [4.69, 9.17) is 0 Å². The third-order valence-electron chi connectivity index (χ3n) is 3.30. The van der Waals surface area contributed by atoms with Gasteiger partial charge in [-0.25, -0.2) is 8.42 Å². The van der Waals surface area contributed by atoms with E-state index < -0.39 is 21.8 Å². The van der Waals surface area contributed by atoms with E-state index in [0.717, 1.165) is 12.1 Å². The zero-order chi connectivity index (χ0) is 15.1. The summed E-state index contributed by atoms with van der Waals surface area (Å²) in [6.07, 6.45) is -3.91. The lowest BCUT2D eigenvalue weighted by Gasteiger charge is -2.19. The minimum atomic E-state index is -4.56. The quantitative estimate of drug-likeness (QED) is 0.748. The van der Waals surface area contributed by atoms with Crippen molar-refractivity contribution in [2.45, 2.75) is 29.2 Å². The molecule has 0 spiro atoms. The van der Waals surface area contributed by atoms with E-state index >= 15 is 0 Å². The molecule has 3 nitrogen and oxygen atoms in total. The Hall–Kier alpha value is -0.600. The monoisotopic (exact) mass is 371 g/mol. The molecule has 1 atom stereocenters. The fourth-order valence-electron chi connectivity index (χ4n) is 2.25. The van der Waals surface area contributed by atoms with Crippen molar-refractivity contribution in [2.75, 3.05) is 13.1 Å². The van der Waals surface area contributed by atoms with Crippen molar-refractivity contribution in [3.63, 3.8) is 0 Å². The summed E-state index contributed by atoms with van der Waals surface area (Å²) in [7, 11) is -3.88. The molecule has 0 bridgehead atoms. The summed E-state index contributed by atoms with van der Waals surface area (Å²) in [6, 6.07) is 3.25. The molecule has 0 N–H and O–H groups in total. The van der Waals surface area contributed by atoms with Gasteiger partial charge in [0.1, 0.15) is 0 Å². The molecule has 1 aromatic rings. The largest absolute Gasteiger partial charge is 0.416 e. The molecule has 1 fully saturated rings. The molecule has 0 radical (unpaired) electrons. The van der Waals surface area contributed by atoms with E-state index in [-0.39, 0.29) is 21.8 Å². The highest BCUT2D eigenvalue weighted by molar-refractivity contribution is 9.09. The van der Waals surface area contributed by atoms with Crippen LogP contribution in [0, 0.1) is 6.92 Å². The van der Waals surface area contributed by atoms with Gasteiger partial charge in [-0.05, 0) is 31.0 Å². The van der Waals surface area contributed by atoms with Crippen molar-refractivity contribution in [2.24, 2.45) is 0 Å². The van der Waals surface area contributed by atoms with Crippen LogP contribution in [0.25, 0.3) is 0 Å². The molecular formula is C12H13BrF3NO2S. The number of hydrogen-bond donors (Lipinski definition) is 0. The maximum Gasteiger partial charge on any atom is 0.416 e. The Balaban J connectivity index is 2.48. The van der Waals surface area contributed by atoms with Gasteiger partial charge in [0.25, 0.3) is 0 Å². The maximum atomic E-state index is 12.8. The lowest BCUT2D eigenvalue weighted by Crippen LogP contribution is -2.30. The van der Waals surface area contributed by atoms with Crippen LogP contribution >= 0.6 is 15.9 Å². The lowest BCUT2D eigenvalue weighted by atomic mass is 10.1. The topological polar surface area (TPSA) is 37.4 Å². The van der Waals surface area contributed by atoms with E-state index in [9.17, 15) is 21.6 Å². The molecular weight excluding hydrogens is 359 g/mol. The number of nitrogens with zero attached hydrogens (tertiary/aromatic N) is 1. The average Bonchev–Trinajstić information content (AvgIpc) is 2.75. The number of sulfonamides is 1. The molecule has 0 saturated carbocycles. The van der Waals surface area contributed by atoms with Gasteiger partial charge in [0, 0.05) is 17.9 Å². The number of halogens is 4. The first kappa shape index (κ1) is 15.8. The zero-order valence-corrected chi connectivity index (χ0v) is 13.0. The van der Waals surface area contributed by atoms with E-state index in [2.05, 4.69) is 15.9 Å². The van der Waals surface area contributed by atoms with Crippen LogP contribution in [0.2, 0.25) is 0 Å². The fraction of sp³-hybridized carbons (Fsp3) is 0.500. The Bertz CT molecular complexity index is 616. The maximum absolute atomic E-state index is 12.8. The van der Waals surface area contributed by atoms with Gasteiger partial charge >= 0.3 is 6.18 Å². The highest BCUT2D eigenvalue weighted by Crippen LogP contribution is 2.35. The third-order valence-corrected chi connectivity index (χ3v) is 6.06. The van der Waals surface area contributed by atoms with Gasteiger partial charge in [0.15, 0.2) is 0 Å². The molecule has 1 aromatic carbocycles. The fourth-order valence-corrected chi connectivity index (χ4v) is 4.74. The van der Waals surface area contributed by atoms with Crippen LogP contribution in [-0.2, 0) is 16.2 Å². The van der Waals surface area contributed by atoms with Crippen LogP contribution in [0.5, 0.6) is 0 Å². The second-order valence-electron chi connectivity index (χ2n) is 4.68. The predicted octanol–water partition coefficient (Wildman–Crippen LogP) is 3.17. The van der Waals surface area contributed by atoms with Crippen LogP contribution in [0.3, 0.4) is 0 Å². The third kappa shape index (κ3) is 2.87. The number of alkyl halides is 4. The van der Waals surface area contributed by atoms with Gasteiger partial charge < -0.3 is 0 Å². The molecule has 1 heterocycles. The molecule has 0 amide bonds. The highest BCUT2D eigenvalue weighted by Gasteiger charge is 2.37. The lowest BCUT2D eigenvalue weighted by molar-refractivity contribution is -0.138. The van der Waals surface area contributed by atoms with Gasteiger partial charge in [0.05, 0.1) is 10.5 Å². The van der Waals surface area contributed by atoms with Crippen molar-refractivity contribution >= 4 is 26.0 Å². The van der Waals surface area contributed by atoms with Gasteiger partial charge in [-0.1, -0.05) is 22.0 Å².